The summed E-state index contributed by atoms with van der Waals surface area (Å²) in [6.45, 7) is 1.82. The van der Waals surface area contributed by atoms with Crippen molar-refractivity contribution < 1.29 is 4.79 Å². The molecule has 16 heavy (non-hydrogen) atoms. The summed E-state index contributed by atoms with van der Waals surface area (Å²) in [6.07, 6.45) is 0.218. The molecule has 5 nitrogen and oxygen atoms in total. The van der Waals surface area contributed by atoms with Crippen LogP contribution in [0.5, 0.6) is 0 Å². The maximum absolute atomic E-state index is 10.7. The standard InChI is InChI=1S/C11H14N4O/c1-7(5-10(13)16)15-9-4-2-3-8(6-12)11(9)14/h2-4,7,15H,5,14H2,1H3,(H2,13,16). The van der Waals surface area contributed by atoms with Crippen LogP contribution in [0.2, 0.25) is 0 Å². The SMILES string of the molecule is CC(CC(N)=O)Nc1cccc(C#N)c1N. The number of benzene rings is 1. The molecule has 1 rings (SSSR count). The zero-order valence-electron chi connectivity index (χ0n) is 9.03. The Morgan fingerprint density at radius 1 is 1.62 bits per heavy atom. The summed E-state index contributed by atoms with van der Waals surface area (Å²) < 4.78 is 0. The lowest BCUT2D eigenvalue weighted by Crippen LogP contribution is -2.24. The Hall–Kier alpha value is -2.22. The second-order valence-electron chi connectivity index (χ2n) is 3.59. The van der Waals surface area contributed by atoms with Crippen LogP contribution in [0.25, 0.3) is 0 Å². The number of anilines is 2. The van der Waals surface area contributed by atoms with Crippen molar-refractivity contribution in [2.45, 2.75) is 19.4 Å². The van der Waals surface area contributed by atoms with E-state index < -0.39 is 0 Å². The molecule has 1 amide bonds. The van der Waals surface area contributed by atoms with Gasteiger partial charge in [0, 0.05) is 12.5 Å². The van der Waals surface area contributed by atoms with Gasteiger partial charge in [-0.25, -0.2) is 0 Å². The highest BCUT2D eigenvalue weighted by Gasteiger charge is 2.09. The predicted octanol–water partition coefficient (Wildman–Crippen LogP) is 0.816. The molecule has 0 heterocycles. The molecular weight excluding hydrogens is 204 g/mol. The van der Waals surface area contributed by atoms with Crippen LogP contribution in [0.3, 0.4) is 0 Å². The lowest BCUT2D eigenvalue weighted by molar-refractivity contribution is -0.118. The number of nitrogen functional groups attached to an aromatic ring is 1. The summed E-state index contributed by atoms with van der Waals surface area (Å²) in [6, 6.07) is 7.00. The van der Waals surface area contributed by atoms with Crippen molar-refractivity contribution in [3.8, 4) is 6.07 Å². The average Bonchev–Trinajstić information content (AvgIpc) is 2.20. The Bertz CT molecular complexity index is 436. The van der Waals surface area contributed by atoms with Gasteiger partial charge in [-0.15, -0.1) is 0 Å². The highest BCUT2D eigenvalue weighted by molar-refractivity contribution is 5.76. The Labute approximate surface area is 94.0 Å². The third kappa shape index (κ3) is 2.89. The molecular formula is C11H14N4O. The van der Waals surface area contributed by atoms with E-state index in [1.54, 1.807) is 18.2 Å². The Morgan fingerprint density at radius 2 is 2.31 bits per heavy atom. The first kappa shape index (κ1) is 11.9. The molecule has 0 saturated heterocycles. The minimum Gasteiger partial charge on any atom is -0.396 e. The molecule has 1 aromatic rings. The predicted molar refractivity (Wildman–Crippen MR) is 62.5 cm³/mol. The summed E-state index contributed by atoms with van der Waals surface area (Å²) in [5.74, 6) is -0.380. The molecule has 0 aliphatic rings. The zero-order valence-corrected chi connectivity index (χ0v) is 9.03. The molecule has 0 bridgehead atoms. The fourth-order valence-corrected chi connectivity index (χ4v) is 1.41. The third-order valence-corrected chi connectivity index (χ3v) is 2.14. The van der Waals surface area contributed by atoms with Gasteiger partial charge in [0.25, 0.3) is 0 Å². The first-order valence-corrected chi connectivity index (χ1v) is 4.88. The molecule has 0 aliphatic carbocycles. The van der Waals surface area contributed by atoms with Crippen LogP contribution in [0.4, 0.5) is 11.4 Å². The van der Waals surface area contributed by atoms with E-state index in [1.807, 2.05) is 13.0 Å². The van der Waals surface area contributed by atoms with Crippen molar-refractivity contribution in [2.24, 2.45) is 5.73 Å². The molecule has 1 unspecified atom stereocenters. The topological polar surface area (TPSA) is 105 Å². The van der Waals surface area contributed by atoms with Gasteiger partial charge in [0.1, 0.15) is 6.07 Å². The molecule has 0 radical (unpaired) electrons. The smallest absolute Gasteiger partial charge is 0.219 e. The fourth-order valence-electron chi connectivity index (χ4n) is 1.41. The first-order valence-electron chi connectivity index (χ1n) is 4.88. The van der Waals surface area contributed by atoms with Crippen molar-refractivity contribution >= 4 is 17.3 Å². The highest BCUT2D eigenvalue weighted by atomic mass is 16.1. The van der Waals surface area contributed by atoms with Crippen molar-refractivity contribution in [3.63, 3.8) is 0 Å². The number of para-hydroxylation sites is 1. The van der Waals surface area contributed by atoms with E-state index in [2.05, 4.69) is 5.32 Å². The van der Waals surface area contributed by atoms with Crippen LogP contribution in [-0.2, 0) is 4.79 Å². The number of hydrogen-bond donors (Lipinski definition) is 3. The van der Waals surface area contributed by atoms with Gasteiger partial charge in [-0.1, -0.05) is 6.07 Å². The lowest BCUT2D eigenvalue weighted by atomic mass is 10.1. The maximum atomic E-state index is 10.7. The van der Waals surface area contributed by atoms with Crippen molar-refractivity contribution in [1.82, 2.24) is 0 Å². The maximum Gasteiger partial charge on any atom is 0.219 e. The van der Waals surface area contributed by atoms with Gasteiger partial charge in [0.05, 0.1) is 16.9 Å². The molecule has 5 N–H and O–H groups in total. The van der Waals surface area contributed by atoms with Crippen LogP contribution in [0.15, 0.2) is 18.2 Å². The van der Waals surface area contributed by atoms with E-state index in [0.29, 0.717) is 16.9 Å². The number of nitrogens with one attached hydrogen (secondary N) is 1. The Morgan fingerprint density at radius 3 is 2.88 bits per heavy atom. The number of hydrogen-bond acceptors (Lipinski definition) is 4. The van der Waals surface area contributed by atoms with Gasteiger partial charge in [-0.05, 0) is 19.1 Å². The molecule has 0 aliphatic heterocycles. The minimum absolute atomic E-state index is 0.117. The van der Waals surface area contributed by atoms with E-state index in [0.717, 1.165) is 0 Å². The molecule has 0 spiro atoms. The summed E-state index contributed by atoms with van der Waals surface area (Å²) in [7, 11) is 0. The monoisotopic (exact) mass is 218 g/mol. The van der Waals surface area contributed by atoms with Gasteiger partial charge in [0.2, 0.25) is 5.91 Å². The van der Waals surface area contributed by atoms with Crippen molar-refractivity contribution in [3.05, 3.63) is 23.8 Å². The number of nitriles is 1. The molecule has 1 aromatic carbocycles. The third-order valence-electron chi connectivity index (χ3n) is 2.14. The van der Waals surface area contributed by atoms with Gasteiger partial charge in [0.15, 0.2) is 0 Å². The van der Waals surface area contributed by atoms with E-state index >= 15 is 0 Å². The zero-order chi connectivity index (χ0) is 12.1. The van der Waals surface area contributed by atoms with Crippen LogP contribution < -0.4 is 16.8 Å². The van der Waals surface area contributed by atoms with Gasteiger partial charge < -0.3 is 16.8 Å². The van der Waals surface area contributed by atoms with Gasteiger partial charge in [-0.2, -0.15) is 5.26 Å². The van der Waals surface area contributed by atoms with E-state index in [4.69, 9.17) is 16.7 Å². The summed E-state index contributed by atoms with van der Waals surface area (Å²) in [5, 5.41) is 11.8. The minimum atomic E-state index is -0.380. The van der Waals surface area contributed by atoms with Crippen LogP contribution in [0.1, 0.15) is 18.9 Å². The van der Waals surface area contributed by atoms with Crippen molar-refractivity contribution in [2.75, 3.05) is 11.1 Å². The fraction of sp³-hybridized carbons (Fsp3) is 0.273. The lowest BCUT2D eigenvalue weighted by Gasteiger charge is -2.15. The number of nitrogens with two attached hydrogens (primary N) is 2. The second kappa shape index (κ2) is 5.03. The van der Waals surface area contributed by atoms with Crippen LogP contribution >= 0.6 is 0 Å². The quantitative estimate of drug-likeness (QED) is 0.650. The Kier molecular flexibility index (Phi) is 3.72. The average molecular weight is 218 g/mol. The van der Waals surface area contributed by atoms with E-state index in [9.17, 15) is 4.79 Å². The first-order chi connectivity index (χ1) is 7.54. The molecule has 0 aromatic heterocycles. The summed E-state index contributed by atoms with van der Waals surface area (Å²) in [4.78, 5) is 10.7. The number of carbonyl (C=O) groups is 1. The van der Waals surface area contributed by atoms with E-state index in [-0.39, 0.29) is 18.4 Å². The number of rotatable bonds is 4. The molecule has 0 fully saturated rings. The number of nitrogens with zero attached hydrogens (tertiary/aromatic N) is 1. The Balaban J connectivity index is 2.82. The van der Waals surface area contributed by atoms with E-state index in [1.165, 1.54) is 0 Å². The number of primary amides is 1. The molecule has 84 valence electrons. The highest BCUT2D eigenvalue weighted by Crippen LogP contribution is 2.22. The number of amides is 1. The van der Waals surface area contributed by atoms with Gasteiger partial charge in [-0.3, -0.25) is 4.79 Å². The van der Waals surface area contributed by atoms with Crippen LogP contribution in [-0.4, -0.2) is 11.9 Å². The molecule has 1 atom stereocenters. The molecule has 0 saturated carbocycles. The van der Waals surface area contributed by atoms with Crippen molar-refractivity contribution in [1.29, 1.82) is 5.26 Å². The normalized spacial score (nSPS) is 11.5. The summed E-state index contributed by atoms with van der Waals surface area (Å²) in [5.41, 5.74) is 12.3. The number of carbonyl (C=O) groups excluding carboxylic acids is 1. The molecule has 5 heteroatoms. The second-order valence-corrected chi connectivity index (χ2v) is 3.59. The van der Waals surface area contributed by atoms with Gasteiger partial charge >= 0.3 is 0 Å². The summed E-state index contributed by atoms with van der Waals surface area (Å²) >= 11 is 0. The van der Waals surface area contributed by atoms with Crippen LogP contribution in [0, 0.1) is 11.3 Å². The largest absolute Gasteiger partial charge is 0.396 e.